The molecule has 0 unspecified atom stereocenters. The Hall–Kier alpha value is -3.19. The van der Waals surface area contributed by atoms with Crippen LogP contribution in [-0.4, -0.2) is 52.4 Å². The second-order valence-electron chi connectivity index (χ2n) is 7.22. The van der Waals surface area contributed by atoms with E-state index >= 15 is 0 Å². The fourth-order valence-electron chi connectivity index (χ4n) is 3.97. The summed E-state index contributed by atoms with van der Waals surface area (Å²) in [6.45, 7) is 1.61. The van der Waals surface area contributed by atoms with Gasteiger partial charge in [-0.05, 0) is 43.3 Å². The highest BCUT2D eigenvalue weighted by Gasteiger charge is 2.34. The first-order valence-electron chi connectivity index (χ1n) is 9.71. The zero-order chi connectivity index (χ0) is 21.3. The van der Waals surface area contributed by atoms with Gasteiger partial charge in [-0.2, -0.15) is 0 Å². The zero-order valence-corrected chi connectivity index (χ0v) is 17.6. The van der Waals surface area contributed by atoms with E-state index < -0.39 is 0 Å². The molecule has 2 aliphatic rings. The number of ketones is 1. The van der Waals surface area contributed by atoms with Crippen LogP contribution < -0.4 is 23.7 Å². The predicted octanol–water partition coefficient (Wildman–Crippen LogP) is 3.33. The van der Waals surface area contributed by atoms with E-state index in [1.165, 1.54) is 0 Å². The van der Waals surface area contributed by atoms with Gasteiger partial charge in [0.05, 0.1) is 26.9 Å². The van der Waals surface area contributed by atoms with Gasteiger partial charge in [0, 0.05) is 30.3 Å². The maximum atomic E-state index is 13.3. The van der Waals surface area contributed by atoms with E-state index in [-0.39, 0.29) is 12.6 Å². The number of rotatable bonds is 6. The van der Waals surface area contributed by atoms with Crippen LogP contribution in [0.4, 0.5) is 0 Å². The molecule has 0 atom stereocenters. The lowest BCUT2D eigenvalue weighted by Gasteiger charge is -2.28. The van der Waals surface area contributed by atoms with E-state index in [2.05, 4.69) is 4.90 Å². The summed E-state index contributed by atoms with van der Waals surface area (Å²) in [6.07, 6.45) is 4.03. The van der Waals surface area contributed by atoms with E-state index in [9.17, 15) is 4.79 Å². The van der Waals surface area contributed by atoms with Crippen LogP contribution in [-0.2, 0) is 13.0 Å². The molecular weight excluding hydrogens is 386 g/mol. The van der Waals surface area contributed by atoms with Crippen molar-refractivity contribution in [3.05, 3.63) is 46.5 Å². The zero-order valence-electron chi connectivity index (χ0n) is 17.6. The number of carbonyl (C=O) groups excluding carboxylic acids is 1. The Balaban J connectivity index is 1.76. The summed E-state index contributed by atoms with van der Waals surface area (Å²) >= 11 is 0. The first kappa shape index (κ1) is 20.1. The Bertz CT molecular complexity index is 1010. The number of methoxy groups -OCH3 is 3. The van der Waals surface area contributed by atoms with Gasteiger partial charge in [-0.15, -0.1) is 0 Å². The van der Waals surface area contributed by atoms with E-state index in [1.54, 1.807) is 39.5 Å². The summed E-state index contributed by atoms with van der Waals surface area (Å²) in [5.74, 6) is 2.80. The summed E-state index contributed by atoms with van der Waals surface area (Å²) in [4.78, 5) is 15.5. The normalized spacial score (nSPS) is 15.2. The second kappa shape index (κ2) is 8.28. The van der Waals surface area contributed by atoms with Crippen LogP contribution in [0.5, 0.6) is 28.7 Å². The average Bonchev–Trinajstić information content (AvgIpc) is 3.24. The molecule has 7 nitrogen and oxygen atoms in total. The van der Waals surface area contributed by atoms with Crippen LogP contribution in [0.1, 0.15) is 27.0 Å². The molecule has 0 amide bonds. The number of ether oxygens (including phenoxy) is 5. The van der Waals surface area contributed by atoms with Crippen molar-refractivity contribution in [2.75, 3.05) is 41.7 Å². The molecule has 0 saturated carbocycles. The molecule has 2 aromatic rings. The maximum absolute atomic E-state index is 13.3. The fraction of sp³-hybridized carbons (Fsp3) is 0.348. The number of benzene rings is 2. The van der Waals surface area contributed by atoms with Gasteiger partial charge in [0.25, 0.3) is 0 Å². The standard InChI is InChI=1S/C23H25NO6/c1-24-10-9-16-17(12-24)21(28-4)23-22(29-13-30-23)20(16)18(25)8-6-14-5-7-15(26-2)11-19(14)27-3/h5-8,11H,9-10,12-13H2,1-4H3/b8-6+. The molecule has 2 aliphatic heterocycles. The minimum absolute atomic E-state index is 0.0702. The molecule has 2 aromatic carbocycles. The van der Waals surface area contributed by atoms with Crippen molar-refractivity contribution in [1.82, 2.24) is 4.90 Å². The first-order chi connectivity index (χ1) is 14.6. The van der Waals surface area contributed by atoms with Crippen LogP contribution in [0.2, 0.25) is 0 Å². The fourth-order valence-corrected chi connectivity index (χ4v) is 3.97. The summed E-state index contributed by atoms with van der Waals surface area (Å²) in [5, 5.41) is 0. The van der Waals surface area contributed by atoms with Gasteiger partial charge in [-0.1, -0.05) is 0 Å². The van der Waals surface area contributed by atoms with Gasteiger partial charge in [-0.3, -0.25) is 4.79 Å². The molecule has 0 saturated heterocycles. The van der Waals surface area contributed by atoms with Crippen molar-refractivity contribution in [3.63, 3.8) is 0 Å². The van der Waals surface area contributed by atoms with Crippen LogP contribution in [0.25, 0.3) is 6.08 Å². The highest BCUT2D eigenvalue weighted by atomic mass is 16.7. The van der Waals surface area contributed by atoms with Crippen LogP contribution in [0.15, 0.2) is 24.3 Å². The number of nitrogens with zero attached hydrogens (tertiary/aromatic N) is 1. The van der Waals surface area contributed by atoms with Crippen molar-refractivity contribution in [3.8, 4) is 28.7 Å². The maximum Gasteiger partial charge on any atom is 0.231 e. The molecule has 0 aliphatic carbocycles. The average molecular weight is 411 g/mol. The molecule has 7 heteroatoms. The number of carbonyl (C=O) groups is 1. The Labute approximate surface area is 175 Å². The third-order valence-corrected chi connectivity index (χ3v) is 5.46. The number of allylic oxidation sites excluding steroid dienone is 1. The molecule has 0 N–H and O–H groups in total. The van der Waals surface area contributed by atoms with Gasteiger partial charge in [0.2, 0.25) is 12.5 Å². The molecule has 158 valence electrons. The minimum Gasteiger partial charge on any atom is -0.497 e. The third kappa shape index (κ3) is 3.45. The molecule has 0 bridgehead atoms. The first-order valence-corrected chi connectivity index (χ1v) is 9.71. The van der Waals surface area contributed by atoms with Crippen LogP contribution >= 0.6 is 0 Å². The Morgan fingerprint density at radius 2 is 1.87 bits per heavy atom. The van der Waals surface area contributed by atoms with Crippen LogP contribution in [0, 0.1) is 0 Å². The molecule has 0 aromatic heterocycles. The second-order valence-corrected chi connectivity index (χ2v) is 7.22. The quantitative estimate of drug-likeness (QED) is 0.534. The SMILES string of the molecule is COc1ccc(/C=C/C(=O)c2c3c(c(OC)c4c2OCO4)CN(C)CC3)c(OC)c1. The van der Waals surface area contributed by atoms with E-state index in [0.29, 0.717) is 40.9 Å². The summed E-state index contributed by atoms with van der Waals surface area (Å²) in [5.41, 5.74) is 3.28. The highest BCUT2D eigenvalue weighted by molar-refractivity contribution is 6.11. The molecule has 0 radical (unpaired) electrons. The lowest BCUT2D eigenvalue weighted by molar-refractivity contribution is 0.104. The topological polar surface area (TPSA) is 66.5 Å². The Kier molecular flexibility index (Phi) is 5.55. The number of hydrogen-bond donors (Lipinski definition) is 0. The summed E-state index contributed by atoms with van der Waals surface area (Å²) in [7, 11) is 6.84. The lowest BCUT2D eigenvalue weighted by Crippen LogP contribution is -2.28. The Morgan fingerprint density at radius 3 is 2.60 bits per heavy atom. The largest absolute Gasteiger partial charge is 0.497 e. The van der Waals surface area contributed by atoms with Crippen molar-refractivity contribution in [2.45, 2.75) is 13.0 Å². The molecular formula is C23H25NO6. The van der Waals surface area contributed by atoms with E-state index in [1.807, 2.05) is 19.2 Å². The smallest absolute Gasteiger partial charge is 0.231 e. The number of fused-ring (bicyclic) bond motifs is 2. The third-order valence-electron chi connectivity index (χ3n) is 5.46. The van der Waals surface area contributed by atoms with E-state index in [0.717, 1.165) is 29.7 Å². The van der Waals surface area contributed by atoms with E-state index in [4.69, 9.17) is 23.7 Å². The Morgan fingerprint density at radius 1 is 1.07 bits per heavy atom. The predicted molar refractivity (Wildman–Crippen MR) is 112 cm³/mol. The van der Waals surface area contributed by atoms with Crippen molar-refractivity contribution in [1.29, 1.82) is 0 Å². The van der Waals surface area contributed by atoms with Gasteiger partial charge in [-0.25, -0.2) is 0 Å². The van der Waals surface area contributed by atoms with Crippen molar-refractivity contribution in [2.24, 2.45) is 0 Å². The lowest BCUT2D eigenvalue weighted by atomic mass is 9.90. The van der Waals surface area contributed by atoms with Crippen molar-refractivity contribution < 1.29 is 28.5 Å². The molecule has 2 heterocycles. The van der Waals surface area contributed by atoms with Gasteiger partial charge in [0.15, 0.2) is 17.3 Å². The van der Waals surface area contributed by atoms with Gasteiger partial charge < -0.3 is 28.6 Å². The number of hydrogen-bond acceptors (Lipinski definition) is 7. The monoisotopic (exact) mass is 411 g/mol. The molecule has 4 rings (SSSR count). The summed E-state index contributed by atoms with van der Waals surface area (Å²) < 4.78 is 27.6. The van der Waals surface area contributed by atoms with Crippen molar-refractivity contribution >= 4 is 11.9 Å². The molecule has 0 fully saturated rings. The summed E-state index contributed by atoms with van der Waals surface area (Å²) in [6, 6.07) is 5.46. The molecule has 30 heavy (non-hydrogen) atoms. The minimum atomic E-state index is -0.141. The number of likely N-dealkylation sites (N-methyl/N-ethyl adjacent to an activating group) is 1. The van der Waals surface area contributed by atoms with Gasteiger partial charge in [0.1, 0.15) is 11.5 Å². The molecule has 0 spiro atoms. The highest BCUT2D eigenvalue weighted by Crippen LogP contribution is 2.49. The van der Waals surface area contributed by atoms with Gasteiger partial charge >= 0.3 is 0 Å². The van der Waals surface area contributed by atoms with Crippen LogP contribution in [0.3, 0.4) is 0 Å².